The van der Waals surface area contributed by atoms with E-state index in [9.17, 15) is 4.79 Å². The number of pyridine rings is 1. The van der Waals surface area contributed by atoms with E-state index in [-0.39, 0.29) is 24.5 Å². The summed E-state index contributed by atoms with van der Waals surface area (Å²) in [6.45, 7) is 3.34. The molecule has 31 heavy (non-hydrogen) atoms. The second-order valence-electron chi connectivity index (χ2n) is 7.91. The highest BCUT2D eigenvalue weighted by atomic mass is 16.5. The van der Waals surface area contributed by atoms with E-state index in [0.717, 1.165) is 34.7 Å². The van der Waals surface area contributed by atoms with Crippen LogP contribution in [0.4, 0.5) is 11.5 Å². The summed E-state index contributed by atoms with van der Waals surface area (Å²) in [5.74, 6) is 0.134. The summed E-state index contributed by atoms with van der Waals surface area (Å²) in [5, 5.41) is 16.0. The molecule has 0 fully saturated rings. The van der Waals surface area contributed by atoms with E-state index in [0.29, 0.717) is 6.61 Å². The molecule has 0 bridgehead atoms. The number of ether oxygens (including phenoxy) is 1. The molecule has 0 amide bonds. The number of anilines is 2. The zero-order valence-corrected chi connectivity index (χ0v) is 17.5. The summed E-state index contributed by atoms with van der Waals surface area (Å²) in [7, 11) is 0. The van der Waals surface area contributed by atoms with Crippen LogP contribution in [0.3, 0.4) is 0 Å². The average molecular weight is 418 g/mol. The molecule has 0 unspecified atom stereocenters. The van der Waals surface area contributed by atoms with E-state index >= 15 is 0 Å². The van der Waals surface area contributed by atoms with Crippen molar-refractivity contribution in [2.24, 2.45) is 0 Å². The molecule has 1 aliphatic heterocycles. The largest absolute Gasteiger partial charge is 0.481 e. The second-order valence-corrected chi connectivity index (χ2v) is 7.91. The molecule has 0 radical (unpaired) electrons. The Morgan fingerprint density at radius 1 is 1.13 bits per heavy atom. The number of nitrogens with zero attached hydrogens (tertiary/aromatic N) is 1. The molecule has 0 saturated heterocycles. The van der Waals surface area contributed by atoms with E-state index < -0.39 is 5.97 Å². The number of carbonyl (C=O) groups is 1. The normalized spacial score (nSPS) is 17.0. The zero-order valence-electron chi connectivity index (χ0n) is 17.5. The van der Waals surface area contributed by atoms with Crippen molar-refractivity contribution in [3.8, 4) is 0 Å². The van der Waals surface area contributed by atoms with Gasteiger partial charge in [0.2, 0.25) is 0 Å². The lowest BCUT2D eigenvalue weighted by molar-refractivity contribution is -0.136. The van der Waals surface area contributed by atoms with E-state index in [2.05, 4.69) is 34.7 Å². The molecule has 3 N–H and O–H groups in total. The molecule has 3 aromatic rings. The Morgan fingerprint density at radius 3 is 2.74 bits per heavy atom. The maximum atomic E-state index is 11.0. The number of aliphatic carboxylic acids is 1. The van der Waals surface area contributed by atoms with E-state index in [1.54, 1.807) is 6.20 Å². The summed E-state index contributed by atoms with van der Waals surface area (Å²) >= 11 is 0. The van der Waals surface area contributed by atoms with Gasteiger partial charge in [-0.15, -0.1) is 0 Å². The van der Waals surface area contributed by atoms with Gasteiger partial charge in [0.15, 0.2) is 0 Å². The SMILES string of the molecule is C[C@@H](CO[C@H](c1ccccc1)[C@H]1CNc2cccnc2N1)c1cccc(CC(=O)O)c1. The first kappa shape index (κ1) is 20.9. The summed E-state index contributed by atoms with van der Waals surface area (Å²) in [6.07, 6.45) is 1.65. The highest BCUT2D eigenvalue weighted by Crippen LogP contribution is 2.31. The van der Waals surface area contributed by atoms with Gasteiger partial charge in [-0.3, -0.25) is 4.79 Å². The van der Waals surface area contributed by atoms with Crippen molar-refractivity contribution < 1.29 is 14.6 Å². The van der Waals surface area contributed by atoms with Crippen molar-refractivity contribution in [1.29, 1.82) is 0 Å². The topological polar surface area (TPSA) is 83.5 Å². The third-order valence-corrected chi connectivity index (χ3v) is 5.54. The molecule has 1 aliphatic rings. The average Bonchev–Trinajstić information content (AvgIpc) is 2.79. The molecule has 2 aromatic carbocycles. The van der Waals surface area contributed by atoms with Crippen molar-refractivity contribution in [2.45, 2.75) is 31.4 Å². The second kappa shape index (κ2) is 9.62. The van der Waals surface area contributed by atoms with Crippen molar-refractivity contribution in [1.82, 2.24) is 4.98 Å². The molecule has 0 saturated carbocycles. The van der Waals surface area contributed by atoms with Crippen LogP contribution in [-0.2, 0) is 16.0 Å². The Labute approximate surface area is 182 Å². The van der Waals surface area contributed by atoms with Crippen LogP contribution in [0.5, 0.6) is 0 Å². The van der Waals surface area contributed by atoms with Gasteiger partial charge in [0.25, 0.3) is 0 Å². The maximum absolute atomic E-state index is 11.0. The minimum Gasteiger partial charge on any atom is -0.481 e. The fourth-order valence-electron chi connectivity index (χ4n) is 3.91. The molecule has 160 valence electrons. The molecular formula is C25H27N3O3. The van der Waals surface area contributed by atoms with Gasteiger partial charge in [0.1, 0.15) is 11.9 Å². The lowest BCUT2D eigenvalue weighted by atomic mass is 9.97. The predicted molar refractivity (Wildman–Crippen MR) is 121 cm³/mol. The Kier molecular flexibility index (Phi) is 6.48. The van der Waals surface area contributed by atoms with Gasteiger partial charge >= 0.3 is 5.97 Å². The first-order valence-electron chi connectivity index (χ1n) is 10.5. The first-order valence-corrected chi connectivity index (χ1v) is 10.5. The number of fused-ring (bicyclic) bond motifs is 1. The van der Waals surface area contributed by atoms with Gasteiger partial charge in [-0.2, -0.15) is 0 Å². The Bertz CT molecular complexity index is 1030. The Morgan fingerprint density at radius 2 is 1.94 bits per heavy atom. The smallest absolute Gasteiger partial charge is 0.307 e. The van der Waals surface area contributed by atoms with E-state index in [1.807, 2.05) is 54.6 Å². The van der Waals surface area contributed by atoms with Gasteiger partial charge in [-0.05, 0) is 28.8 Å². The molecule has 4 rings (SSSR count). The molecule has 0 spiro atoms. The highest BCUT2D eigenvalue weighted by Gasteiger charge is 2.28. The minimum absolute atomic E-state index is 0.0235. The number of carboxylic acid groups (broad SMARTS) is 1. The van der Waals surface area contributed by atoms with Gasteiger partial charge < -0.3 is 20.5 Å². The van der Waals surface area contributed by atoms with Gasteiger partial charge in [0, 0.05) is 18.7 Å². The van der Waals surface area contributed by atoms with Crippen LogP contribution >= 0.6 is 0 Å². The first-order chi connectivity index (χ1) is 15.1. The number of aromatic nitrogens is 1. The molecule has 1 aromatic heterocycles. The summed E-state index contributed by atoms with van der Waals surface area (Å²) in [5.41, 5.74) is 3.98. The molecular weight excluding hydrogens is 390 g/mol. The maximum Gasteiger partial charge on any atom is 0.307 e. The number of benzene rings is 2. The van der Waals surface area contributed by atoms with Crippen molar-refractivity contribution in [2.75, 3.05) is 23.8 Å². The molecule has 0 aliphatic carbocycles. The fourth-order valence-corrected chi connectivity index (χ4v) is 3.91. The lowest BCUT2D eigenvalue weighted by Crippen LogP contribution is -2.39. The Balaban J connectivity index is 1.49. The Hall–Kier alpha value is -3.38. The van der Waals surface area contributed by atoms with E-state index in [4.69, 9.17) is 9.84 Å². The number of rotatable bonds is 8. The van der Waals surface area contributed by atoms with Crippen LogP contribution in [0.2, 0.25) is 0 Å². The predicted octanol–water partition coefficient (Wildman–Crippen LogP) is 4.48. The third kappa shape index (κ3) is 5.22. The van der Waals surface area contributed by atoms with Crippen LogP contribution in [0, 0.1) is 0 Å². The fraction of sp³-hybridized carbons (Fsp3) is 0.280. The third-order valence-electron chi connectivity index (χ3n) is 5.54. The van der Waals surface area contributed by atoms with E-state index in [1.165, 1.54) is 0 Å². The standard InChI is InChI=1S/C25H27N3O3/c1-17(20-10-5-7-18(13-20)14-23(29)30)16-31-24(19-8-3-2-4-9-19)22-15-27-21-11-6-12-26-25(21)28-22/h2-13,17,22,24,27H,14-16H2,1H3,(H,26,28)(H,29,30)/t17-,22+,24+/m0/s1. The molecule has 3 atom stereocenters. The number of hydrogen-bond acceptors (Lipinski definition) is 5. The number of carboxylic acids is 1. The van der Waals surface area contributed by atoms with Crippen molar-refractivity contribution >= 4 is 17.5 Å². The number of nitrogens with one attached hydrogen (secondary N) is 2. The van der Waals surface area contributed by atoms with Crippen LogP contribution in [-0.4, -0.2) is 35.3 Å². The van der Waals surface area contributed by atoms with Crippen LogP contribution in [0.25, 0.3) is 0 Å². The van der Waals surface area contributed by atoms with Gasteiger partial charge in [0.05, 0.1) is 24.8 Å². The van der Waals surface area contributed by atoms with Crippen LogP contribution < -0.4 is 10.6 Å². The highest BCUT2D eigenvalue weighted by molar-refractivity contribution is 5.70. The van der Waals surface area contributed by atoms with Gasteiger partial charge in [-0.25, -0.2) is 4.98 Å². The molecule has 6 heteroatoms. The van der Waals surface area contributed by atoms with Crippen LogP contribution in [0.1, 0.15) is 35.6 Å². The molecule has 2 heterocycles. The quantitative estimate of drug-likeness (QED) is 0.501. The van der Waals surface area contributed by atoms with Gasteiger partial charge in [-0.1, -0.05) is 61.5 Å². The summed E-state index contributed by atoms with van der Waals surface area (Å²) in [4.78, 5) is 15.5. The number of hydrogen-bond donors (Lipinski definition) is 3. The minimum atomic E-state index is -0.824. The summed E-state index contributed by atoms with van der Waals surface area (Å²) in [6, 6.07) is 21.9. The summed E-state index contributed by atoms with van der Waals surface area (Å²) < 4.78 is 6.47. The van der Waals surface area contributed by atoms with Crippen molar-refractivity contribution in [3.63, 3.8) is 0 Å². The lowest BCUT2D eigenvalue weighted by Gasteiger charge is -2.34. The molecule has 6 nitrogen and oxygen atoms in total. The van der Waals surface area contributed by atoms with Crippen LogP contribution in [0.15, 0.2) is 72.9 Å². The van der Waals surface area contributed by atoms with Crippen molar-refractivity contribution in [3.05, 3.63) is 89.6 Å². The zero-order chi connectivity index (χ0) is 21.6. The monoisotopic (exact) mass is 417 g/mol.